The van der Waals surface area contributed by atoms with Crippen molar-refractivity contribution >= 4 is 11.6 Å². The normalized spacial score (nSPS) is 14.2. The van der Waals surface area contributed by atoms with Gasteiger partial charge in [0, 0.05) is 12.6 Å². The topological polar surface area (TPSA) is 90.5 Å². The molecule has 8 heteroatoms. The molecule has 0 aliphatic heterocycles. The number of benzene rings is 2. The first kappa shape index (κ1) is 22.7. The average molecular weight is 451 g/mol. The van der Waals surface area contributed by atoms with Gasteiger partial charge in [-0.3, -0.25) is 14.2 Å². The third-order valence-corrected chi connectivity index (χ3v) is 6.19. The number of primary amides is 1. The van der Waals surface area contributed by atoms with Crippen molar-refractivity contribution in [3.63, 3.8) is 0 Å². The van der Waals surface area contributed by atoms with Crippen LogP contribution >= 0.6 is 0 Å². The maximum absolute atomic E-state index is 13.4. The third kappa shape index (κ3) is 4.80. The van der Waals surface area contributed by atoms with Gasteiger partial charge in [0.05, 0.1) is 25.5 Å². The minimum atomic E-state index is -0.683. The van der Waals surface area contributed by atoms with Crippen LogP contribution < -0.4 is 16.2 Å². The van der Waals surface area contributed by atoms with E-state index in [1.54, 1.807) is 26.1 Å². The van der Waals surface area contributed by atoms with Crippen LogP contribution in [-0.4, -0.2) is 41.3 Å². The van der Waals surface area contributed by atoms with Crippen molar-refractivity contribution in [3.05, 3.63) is 82.0 Å². The third-order valence-electron chi connectivity index (χ3n) is 6.19. The van der Waals surface area contributed by atoms with Gasteiger partial charge in [-0.1, -0.05) is 24.3 Å². The van der Waals surface area contributed by atoms with Crippen LogP contribution in [0.15, 0.2) is 59.5 Å². The van der Waals surface area contributed by atoms with Crippen LogP contribution in [0.3, 0.4) is 0 Å². The van der Waals surface area contributed by atoms with Crippen molar-refractivity contribution < 1.29 is 13.9 Å². The SMILES string of the molecule is C[C@@H](C(N)=O)N(C)c1cnc(-c2ccc(F)cc2)n(CCOC2Cc3ccccc3C2)c1=O. The number of aromatic nitrogens is 2. The van der Waals surface area contributed by atoms with Gasteiger partial charge in [-0.15, -0.1) is 0 Å². The van der Waals surface area contributed by atoms with Crippen LogP contribution in [0.4, 0.5) is 10.1 Å². The molecule has 0 unspecified atom stereocenters. The summed E-state index contributed by atoms with van der Waals surface area (Å²) in [5.41, 5.74) is 8.54. The number of likely N-dealkylation sites (N-methyl/N-ethyl adjacent to an activating group) is 1. The van der Waals surface area contributed by atoms with Gasteiger partial charge in [-0.2, -0.15) is 0 Å². The lowest BCUT2D eigenvalue weighted by molar-refractivity contribution is -0.118. The first-order valence-electron chi connectivity index (χ1n) is 10.9. The summed E-state index contributed by atoms with van der Waals surface area (Å²) >= 11 is 0. The largest absolute Gasteiger partial charge is 0.376 e. The molecule has 172 valence electrons. The van der Waals surface area contributed by atoms with E-state index in [-0.39, 0.29) is 29.7 Å². The quantitative estimate of drug-likeness (QED) is 0.570. The number of anilines is 1. The summed E-state index contributed by atoms with van der Waals surface area (Å²) < 4.78 is 21.1. The van der Waals surface area contributed by atoms with Crippen molar-refractivity contribution in [1.82, 2.24) is 9.55 Å². The number of amides is 1. The minimum Gasteiger partial charge on any atom is -0.376 e. The summed E-state index contributed by atoms with van der Waals surface area (Å²) in [6, 6.07) is 13.4. The van der Waals surface area contributed by atoms with E-state index < -0.39 is 11.9 Å². The molecule has 0 bridgehead atoms. The number of carbonyl (C=O) groups excluding carboxylic acids is 1. The highest BCUT2D eigenvalue weighted by molar-refractivity contribution is 5.82. The summed E-state index contributed by atoms with van der Waals surface area (Å²) in [5, 5.41) is 0. The number of fused-ring (bicyclic) bond motifs is 1. The minimum absolute atomic E-state index is 0.0565. The molecule has 1 heterocycles. The van der Waals surface area contributed by atoms with Crippen LogP contribution in [0.1, 0.15) is 18.1 Å². The molecule has 4 rings (SSSR count). The molecule has 1 aliphatic rings. The Morgan fingerprint density at radius 1 is 1.21 bits per heavy atom. The fourth-order valence-corrected chi connectivity index (χ4v) is 4.11. The molecule has 0 radical (unpaired) electrons. The van der Waals surface area contributed by atoms with Gasteiger partial charge in [-0.05, 0) is 55.2 Å². The second kappa shape index (κ2) is 9.54. The molecule has 1 atom stereocenters. The number of halogens is 1. The molecular formula is C25H27FN4O3. The highest BCUT2D eigenvalue weighted by Gasteiger charge is 2.23. The van der Waals surface area contributed by atoms with E-state index in [1.807, 2.05) is 12.1 Å². The number of hydrogen-bond acceptors (Lipinski definition) is 5. The van der Waals surface area contributed by atoms with Crippen LogP contribution in [0.5, 0.6) is 0 Å². The number of rotatable bonds is 8. The Kier molecular flexibility index (Phi) is 6.55. The van der Waals surface area contributed by atoms with Gasteiger partial charge in [-0.25, -0.2) is 9.37 Å². The maximum atomic E-state index is 13.4. The van der Waals surface area contributed by atoms with Gasteiger partial charge in [0.1, 0.15) is 23.4 Å². The van der Waals surface area contributed by atoms with E-state index in [0.29, 0.717) is 18.0 Å². The van der Waals surface area contributed by atoms with Crippen molar-refractivity contribution in [2.75, 3.05) is 18.6 Å². The molecule has 2 N–H and O–H groups in total. The van der Waals surface area contributed by atoms with Crippen molar-refractivity contribution in [2.24, 2.45) is 5.73 Å². The summed E-state index contributed by atoms with van der Waals surface area (Å²) in [6.07, 6.45) is 3.16. The van der Waals surface area contributed by atoms with Crippen LogP contribution in [0.25, 0.3) is 11.4 Å². The molecule has 1 aromatic heterocycles. The van der Waals surface area contributed by atoms with Gasteiger partial charge in [0.2, 0.25) is 5.91 Å². The van der Waals surface area contributed by atoms with Crippen molar-refractivity contribution in [2.45, 2.75) is 38.5 Å². The molecule has 3 aromatic rings. The smallest absolute Gasteiger partial charge is 0.277 e. The van der Waals surface area contributed by atoms with Gasteiger partial charge in [0.15, 0.2) is 0 Å². The summed E-state index contributed by atoms with van der Waals surface area (Å²) in [6.45, 7) is 2.20. The lowest BCUT2D eigenvalue weighted by atomic mass is 10.1. The maximum Gasteiger partial charge on any atom is 0.277 e. The molecule has 33 heavy (non-hydrogen) atoms. The van der Waals surface area contributed by atoms with Crippen molar-refractivity contribution in [1.29, 1.82) is 0 Å². The molecule has 1 aliphatic carbocycles. The summed E-state index contributed by atoms with van der Waals surface area (Å²) in [5.74, 6) is -0.513. The van der Waals surface area contributed by atoms with E-state index in [2.05, 4.69) is 17.1 Å². The van der Waals surface area contributed by atoms with E-state index in [4.69, 9.17) is 10.5 Å². The molecule has 2 aromatic carbocycles. The number of nitrogens with zero attached hydrogens (tertiary/aromatic N) is 3. The van der Waals surface area contributed by atoms with Gasteiger partial charge >= 0.3 is 0 Å². The Morgan fingerprint density at radius 2 is 1.85 bits per heavy atom. The molecule has 0 spiro atoms. The Bertz CT molecular complexity index is 1180. The number of ether oxygens (including phenoxy) is 1. The van der Waals surface area contributed by atoms with Crippen LogP contribution in [0.2, 0.25) is 0 Å². The Hall–Kier alpha value is -3.52. The lowest BCUT2D eigenvalue weighted by Crippen LogP contribution is -2.43. The molecule has 1 amide bonds. The highest BCUT2D eigenvalue weighted by atomic mass is 19.1. The lowest BCUT2D eigenvalue weighted by Gasteiger charge is -2.25. The summed E-state index contributed by atoms with van der Waals surface area (Å²) in [4.78, 5) is 31.0. The molecule has 0 saturated carbocycles. The standard InChI is InChI=1S/C25H27FN4O3/c1-16(23(27)31)29(2)22-15-28-24(17-7-9-20(26)10-8-17)30(25(22)32)11-12-33-21-13-18-5-3-4-6-19(18)14-21/h3-10,15-16,21H,11-14H2,1-2H3,(H2,27,31)/t16-/m0/s1. The van der Waals surface area contributed by atoms with Crippen LogP contribution in [-0.2, 0) is 28.9 Å². The van der Waals surface area contributed by atoms with E-state index in [0.717, 1.165) is 12.8 Å². The Morgan fingerprint density at radius 3 is 2.45 bits per heavy atom. The van der Waals surface area contributed by atoms with E-state index >= 15 is 0 Å². The fourth-order valence-electron chi connectivity index (χ4n) is 4.11. The fraction of sp³-hybridized carbons (Fsp3) is 0.320. The molecular weight excluding hydrogens is 423 g/mol. The Labute approximate surface area is 191 Å². The summed E-state index contributed by atoms with van der Waals surface area (Å²) in [7, 11) is 1.63. The highest BCUT2D eigenvalue weighted by Crippen LogP contribution is 2.24. The first-order chi connectivity index (χ1) is 15.8. The predicted octanol–water partition coefficient (Wildman–Crippen LogP) is 2.54. The number of carbonyl (C=O) groups is 1. The van der Waals surface area contributed by atoms with Crippen LogP contribution in [0, 0.1) is 5.82 Å². The second-order valence-corrected chi connectivity index (χ2v) is 8.29. The average Bonchev–Trinajstić information content (AvgIpc) is 3.22. The molecule has 0 saturated heterocycles. The molecule has 7 nitrogen and oxygen atoms in total. The Balaban J connectivity index is 1.59. The van der Waals surface area contributed by atoms with Gasteiger partial charge in [0.25, 0.3) is 5.56 Å². The monoisotopic (exact) mass is 450 g/mol. The van der Waals surface area contributed by atoms with Crippen molar-refractivity contribution in [3.8, 4) is 11.4 Å². The first-order valence-corrected chi connectivity index (χ1v) is 10.9. The van der Waals surface area contributed by atoms with Gasteiger partial charge < -0.3 is 15.4 Å². The zero-order valence-electron chi connectivity index (χ0n) is 18.7. The number of nitrogens with two attached hydrogens (primary N) is 1. The van der Waals surface area contributed by atoms with E-state index in [1.165, 1.54) is 38.9 Å². The molecule has 0 fully saturated rings. The number of hydrogen-bond donors (Lipinski definition) is 1. The second-order valence-electron chi connectivity index (χ2n) is 8.29. The van der Waals surface area contributed by atoms with E-state index in [9.17, 15) is 14.0 Å². The zero-order valence-corrected chi connectivity index (χ0v) is 18.7. The predicted molar refractivity (Wildman–Crippen MR) is 125 cm³/mol. The zero-order chi connectivity index (χ0) is 23.5.